The zero-order valence-electron chi connectivity index (χ0n) is 14.0. The normalized spacial score (nSPS) is 15.2. The van der Waals surface area contributed by atoms with Gasteiger partial charge in [-0.15, -0.1) is 11.3 Å². The molecule has 0 atom stereocenters. The van der Waals surface area contributed by atoms with Crippen molar-refractivity contribution in [2.75, 3.05) is 26.2 Å². The summed E-state index contributed by atoms with van der Waals surface area (Å²) in [6.07, 6.45) is 1.65. The molecule has 5 heteroatoms. The Morgan fingerprint density at radius 2 is 1.83 bits per heavy atom. The van der Waals surface area contributed by atoms with E-state index in [0.29, 0.717) is 15.9 Å². The van der Waals surface area contributed by atoms with Crippen molar-refractivity contribution in [3.05, 3.63) is 52.0 Å². The summed E-state index contributed by atoms with van der Waals surface area (Å²) in [5.74, 6) is 6.19. The van der Waals surface area contributed by atoms with Gasteiger partial charge in [0.05, 0.1) is 6.20 Å². The third-order valence-electron chi connectivity index (χ3n) is 4.14. The number of rotatable bonds is 2. The lowest BCUT2D eigenvalue weighted by atomic mass is 10.2. The molecule has 1 aliphatic heterocycles. The molecular weight excluding hydrogens is 318 g/mol. The summed E-state index contributed by atoms with van der Waals surface area (Å²) in [4.78, 5) is 21.9. The quantitative estimate of drug-likeness (QED) is 0.790. The molecule has 0 aliphatic carbocycles. The van der Waals surface area contributed by atoms with Gasteiger partial charge in [-0.3, -0.25) is 9.69 Å². The lowest BCUT2D eigenvalue weighted by Gasteiger charge is -2.36. The van der Waals surface area contributed by atoms with Crippen LogP contribution in [-0.4, -0.2) is 52.9 Å². The highest BCUT2D eigenvalue weighted by Crippen LogP contribution is 2.16. The second-order valence-electron chi connectivity index (χ2n) is 6.07. The van der Waals surface area contributed by atoms with Crippen molar-refractivity contribution in [1.82, 2.24) is 14.8 Å². The Morgan fingerprint density at radius 1 is 1.12 bits per heavy atom. The van der Waals surface area contributed by atoms with Gasteiger partial charge in [-0.1, -0.05) is 24.1 Å². The van der Waals surface area contributed by atoms with Gasteiger partial charge in [0.2, 0.25) is 0 Å². The van der Waals surface area contributed by atoms with Crippen LogP contribution in [0.1, 0.15) is 34.1 Å². The van der Waals surface area contributed by atoms with Crippen LogP contribution >= 0.6 is 11.3 Å². The van der Waals surface area contributed by atoms with Crippen molar-refractivity contribution >= 4 is 17.2 Å². The molecule has 1 aromatic carbocycles. The maximum absolute atomic E-state index is 12.6. The van der Waals surface area contributed by atoms with Gasteiger partial charge in [-0.25, -0.2) is 4.98 Å². The summed E-state index contributed by atoms with van der Waals surface area (Å²) in [6, 6.07) is 10.3. The fourth-order valence-electron chi connectivity index (χ4n) is 2.68. The molecule has 0 spiro atoms. The monoisotopic (exact) mass is 339 g/mol. The van der Waals surface area contributed by atoms with Crippen LogP contribution in [0.25, 0.3) is 0 Å². The van der Waals surface area contributed by atoms with Crippen molar-refractivity contribution in [2.45, 2.75) is 19.9 Å². The van der Waals surface area contributed by atoms with Crippen LogP contribution in [0.2, 0.25) is 0 Å². The lowest BCUT2D eigenvalue weighted by molar-refractivity contribution is 0.0600. The summed E-state index contributed by atoms with van der Waals surface area (Å²) in [5, 5.41) is 0.683. The van der Waals surface area contributed by atoms with Gasteiger partial charge in [0.25, 0.3) is 5.91 Å². The van der Waals surface area contributed by atoms with Gasteiger partial charge in [0.15, 0.2) is 5.01 Å². The van der Waals surface area contributed by atoms with Gasteiger partial charge < -0.3 is 4.90 Å². The van der Waals surface area contributed by atoms with Crippen molar-refractivity contribution in [1.29, 1.82) is 0 Å². The average Bonchev–Trinajstić information content (AvgIpc) is 3.09. The maximum Gasteiger partial charge on any atom is 0.265 e. The van der Waals surface area contributed by atoms with E-state index in [1.54, 1.807) is 6.20 Å². The van der Waals surface area contributed by atoms with Crippen LogP contribution in [-0.2, 0) is 0 Å². The van der Waals surface area contributed by atoms with Crippen molar-refractivity contribution in [3.63, 3.8) is 0 Å². The molecular formula is C19H21N3OS. The SMILES string of the molecule is CC(C)N1CCN(C(=O)c2cnc(C#Cc3ccccc3)s2)CC1. The predicted molar refractivity (Wildman–Crippen MR) is 97.1 cm³/mol. The second-order valence-corrected chi connectivity index (χ2v) is 7.10. The van der Waals surface area contributed by atoms with Gasteiger partial charge >= 0.3 is 0 Å². The van der Waals surface area contributed by atoms with Gasteiger partial charge in [-0.05, 0) is 31.9 Å². The van der Waals surface area contributed by atoms with E-state index in [0.717, 1.165) is 31.7 Å². The minimum absolute atomic E-state index is 0.0728. The van der Waals surface area contributed by atoms with Crippen LogP contribution in [0.5, 0.6) is 0 Å². The van der Waals surface area contributed by atoms with E-state index in [2.05, 4.69) is 35.6 Å². The molecule has 0 N–H and O–H groups in total. The van der Waals surface area contributed by atoms with Crippen LogP contribution in [0.15, 0.2) is 36.5 Å². The molecule has 2 heterocycles. The van der Waals surface area contributed by atoms with E-state index in [1.165, 1.54) is 11.3 Å². The zero-order chi connectivity index (χ0) is 16.9. The molecule has 0 saturated carbocycles. The predicted octanol–water partition coefficient (Wildman–Crippen LogP) is 2.71. The van der Waals surface area contributed by atoms with Crippen LogP contribution < -0.4 is 0 Å². The van der Waals surface area contributed by atoms with Crippen molar-refractivity contribution < 1.29 is 4.79 Å². The van der Waals surface area contributed by atoms with E-state index in [-0.39, 0.29) is 5.91 Å². The number of carbonyl (C=O) groups is 1. The van der Waals surface area contributed by atoms with Crippen LogP contribution in [0.4, 0.5) is 0 Å². The standard InChI is InChI=1S/C19H21N3OS/c1-15(2)21-10-12-22(13-11-21)19(23)17-14-20-18(24-17)9-8-16-6-4-3-5-7-16/h3-7,14-15H,10-13H2,1-2H3. The molecule has 0 bridgehead atoms. The maximum atomic E-state index is 12.6. The molecule has 1 aromatic heterocycles. The number of aromatic nitrogens is 1. The largest absolute Gasteiger partial charge is 0.335 e. The first-order valence-corrected chi connectivity index (χ1v) is 9.01. The van der Waals surface area contributed by atoms with Crippen molar-refractivity contribution in [3.8, 4) is 11.8 Å². The molecule has 124 valence electrons. The van der Waals surface area contributed by atoms with E-state index in [1.807, 2.05) is 35.2 Å². The van der Waals surface area contributed by atoms with E-state index < -0.39 is 0 Å². The molecule has 1 amide bonds. The lowest BCUT2D eigenvalue weighted by Crippen LogP contribution is -2.50. The first-order chi connectivity index (χ1) is 11.6. The first-order valence-electron chi connectivity index (χ1n) is 8.19. The molecule has 1 saturated heterocycles. The van der Waals surface area contributed by atoms with E-state index in [4.69, 9.17) is 0 Å². The minimum Gasteiger partial charge on any atom is -0.335 e. The summed E-state index contributed by atoms with van der Waals surface area (Å²) < 4.78 is 0. The summed E-state index contributed by atoms with van der Waals surface area (Å²) in [6.45, 7) is 7.81. The Balaban J connectivity index is 1.63. The highest BCUT2D eigenvalue weighted by Gasteiger charge is 2.24. The third kappa shape index (κ3) is 4.02. The molecule has 1 aliphatic rings. The van der Waals surface area contributed by atoms with Gasteiger partial charge in [0, 0.05) is 37.8 Å². The number of benzene rings is 1. The Hall–Kier alpha value is -2.16. The molecule has 4 nitrogen and oxygen atoms in total. The smallest absolute Gasteiger partial charge is 0.265 e. The molecule has 0 radical (unpaired) electrons. The second kappa shape index (κ2) is 7.61. The average molecular weight is 339 g/mol. The highest BCUT2D eigenvalue weighted by molar-refractivity contribution is 7.14. The summed E-state index contributed by atoms with van der Waals surface area (Å²) in [7, 11) is 0. The van der Waals surface area contributed by atoms with Gasteiger partial charge in [-0.2, -0.15) is 0 Å². The molecule has 2 aromatic rings. The molecule has 1 fully saturated rings. The number of thiazole rings is 1. The Bertz CT molecular complexity index is 750. The fourth-order valence-corrected chi connectivity index (χ4v) is 3.41. The topological polar surface area (TPSA) is 36.4 Å². The third-order valence-corrected chi connectivity index (χ3v) is 5.04. The summed E-state index contributed by atoms with van der Waals surface area (Å²) >= 11 is 1.37. The highest BCUT2D eigenvalue weighted by atomic mass is 32.1. The minimum atomic E-state index is 0.0728. The number of carbonyl (C=O) groups excluding carboxylic acids is 1. The van der Waals surface area contributed by atoms with Gasteiger partial charge in [0.1, 0.15) is 4.88 Å². The fraction of sp³-hybridized carbons (Fsp3) is 0.368. The van der Waals surface area contributed by atoms with Crippen LogP contribution in [0, 0.1) is 11.8 Å². The number of nitrogens with zero attached hydrogens (tertiary/aromatic N) is 3. The van der Waals surface area contributed by atoms with E-state index in [9.17, 15) is 4.79 Å². The molecule has 0 unspecified atom stereocenters. The zero-order valence-corrected chi connectivity index (χ0v) is 14.8. The number of hydrogen-bond acceptors (Lipinski definition) is 4. The Kier molecular flexibility index (Phi) is 5.29. The van der Waals surface area contributed by atoms with Crippen molar-refractivity contribution in [2.24, 2.45) is 0 Å². The summed E-state index contributed by atoms with van der Waals surface area (Å²) in [5.41, 5.74) is 0.949. The number of hydrogen-bond donors (Lipinski definition) is 0. The first kappa shape index (κ1) is 16.7. The van der Waals surface area contributed by atoms with Crippen LogP contribution in [0.3, 0.4) is 0 Å². The molecule has 24 heavy (non-hydrogen) atoms. The van der Waals surface area contributed by atoms with E-state index >= 15 is 0 Å². The number of piperazine rings is 1. The Labute approximate surface area is 147 Å². The number of amides is 1. The molecule has 3 rings (SSSR count). The Morgan fingerprint density at radius 3 is 2.50 bits per heavy atom.